The Morgan fingerprint density at radius 2 is 1.17 bits per heavy atom. The van der Waals surface area contributed by atoms with Gasteiger partial charge in [-0.15, -0.1) is 0 Å². The van der Waals surface area contributed by atoms with Gasteiger partial charge in [0.15, 0.2) is 0 Å². The minimum Gasteiger partial charge on any atom is -0.0757 e. The highest BCUT2D eigenvalue weighted by atomic mass is 14.4. The van der Waals surface area contributed by atoms with E-state index in [9.17, 15) is 0 Å². The van der Waals surface area contributed by atoms with E-state index < -0.39 is 0 Å². The Labute approximate surface area is 310 Å². The van der Waals surface area contributed by atoms with Crippen molar-refractivity contribution in [2.24, 2.45) is 5.92 Å². The van der Waals surface area contributed by atoms with Crippen molar-refractivity contribution in [3.05, 3.63) is 165 Å². The van der Waals surface area contributed by atoms with Crippen LogP contribution in [0, 0.1) is 5.92 Å². The second kappa shape index (κ2) is 11.3. The Bertz CT molecular complexity index is 2610. The Kier molecular flexibility index (Phi) is 7.14. The van der Waals surface area contributed by atoms with Crippen molar-refractivity contribution >= 4 is 22.4 Å². The lowest BCUT2D eigenvalue weighted by molar-refractivity contribution is 0.584. The van der Waals surface area contributed by atoms with Crippen LogP contribution in [0.1, 0.15) is 102 Å². The SMILES string of the molecule is CC1C=c2cc(C(C)(C)C)cc3ccc4c(c23)C1C=CC=4c1cccc(-c2ccc(-c3ccc4c(c3)C(C)(C)c3cc(C(C)(C)C)ccc3-4)cc2)c1. The molecule has 258 valence electrons. The van der Waals surface area contributed by atoms with Crippen LogP contribution >= 0.6 is 0 Å². The normalized spacial score (nSPS) is 18.3. The maximum Gasteiger partial charge on any atom is 0.0159 e. The van der Waals surface area contributed by atoms with Gasteiger partial charge in [0.05, 0.1) is 0 Å². The van der Waals surface area contributed by atoms with Crippen molar-refractivity contribution in [2.75, 3.05) is 0 Å². The summed E-state index contributed by atoms with van der Waals surface area (Å²) in [4.78, 5) is 0. The fraction of sp³-hybridized carbons (Fsp3) is 0.269. The van der Waals surface area contributed by atoms with Gasteiger partial charge in [-0.25, -0.2) is 0 Å². The van der Waals surface area contributed by atoms with E-state index in [1.54, 1.807) is 0 Å². The van der Waals surface area contributed by atoms with Crippen LogP contribution < -0.4 is 10.4 Å². The number of hydrogen-bond acceptors (Lipinski definition) is 0. The van der Waals surface area contributed by atoms with E-state index in [0.29, 0.717) is 11.8 Å². The first-order chi connectivity index (χ1) is 24.7. The zero-order valence-electron chi connectivity index (χ0n) is 32.3. The molecule has 0 radical (unpaired) electrons. The summed E-state index contributed by atoms with van der Waals surface area (Å²) in [6.07, 6.45) is 7.35. The molecule has 0 aromatic heterocycles. The van der Waals surface area contributed by atoms with Gasteiger partial charge in [-0.1, -0.05) is 178 Å². The van der Waals surface area contributed by atoms with Gasteiger partial charge in [0, 0.05) is 11.3 Å². The monoisotopic (exact) mass is 674 g/mol. The van der Waals surface area contributed by atoms with E-state index >= 15 is 0 Å². The highest BCUT2D eigenvalue weighted by Gasteiger charge is 2.36. The molecule has 0 fully saturated rings. The van der Waals surface area contributed by atoms with E-state index in [0.717, 1.165) is 0 Å². The van der Waals surface area contributed by atoms with Crippen LogP contribution in [-0.4, -0.2) is 0 Å². The average molecular weight is 675 g/mol. The molecule has 0 amide bonds. The van der Waals surface area contributed by atoms with Crippen molar-refractivity contribution in [1.29, 1.82) is 0 Å². The first-order valence-corrected chi connectivity index (χ1v) is 19.2. The number of hydrogen-bond donors (Lipinski definition) is 0. The molecular weight excluding hydrogens is 625 g/mol. The maximum absolute atomic E-state index is 2.50. The van der Waals surface area contributed by atoms with Crippen LogP contribution in [0.5, 0.6) is 0 Å². The van der Waals surface area contributed by atoms with Crippen LogP contribution in [0.25, 0.3) is 55.8 Å². The molecule has 52 heavy (non-hydrogen) atoms. The molecule has 0 saturated carbocycles. The van der Waals surface area contributed by atoms with E-state index in [2.05, 4.69) is 190 Å². The molecular formula is C52H50. The number of rotatable bonds is 3. The van der Waals surface area contributed by atoms with Crippen LogP contribution in [-0.2, 0) is 16.2 Å². The molecule has 0 aliphatic heterocycles. The predicted octanol–water partition coefficient (Wildman–Crippen LogP) is 12.4. The van der Waals surface area contributed by atoms with E-state index in [4.69, 9.17) is 0 Å². The molecule has 0 spiro atoms. The summed E-state index contributed by atoms with van der Waals surface area (Å²) < 4.78 is 0. The minimum absolute atomic E-state index is 0.0374. The lowest BCUT2D eigenvalue weighted by Gasteiger charge is -2.30. The summed E-state index contributed by atoms with van der Waals surface area (Å²) in [7, 11) is 0. The van der Waals surface area contributed by atoms with Gasteiger partial charge in [-0.3, -0.25) is 0 Å². The van der Waals surface area contributed by atoms with Crippen LogP contribution in [0.2, 0.25) is 0 Å². The standard InChI is InChI=1S/C52H50/c1-31-25-38-28-40(51(5,6)7)27-37-18-21-45-42(24-23-41(31)49(45)48(37)38)36-12-10-11-34(26-36)32-13-15-33(16-14-32)35-17-20-43-44-22-19-39(50(2,3)4)30-47(44)52(8,9)46(43)29-35/h10-31,41H,1-9H3. The summed E-state index contributed by atoms with van der Waals surface area (Å²) in [5.74, 6) is 0.870. The lowest BCUT2D eigenvalue weighted by atomic mass is 9.73. The van der Waals surface area contributed by atoms with Gasteiger partial charge in [-0.2, -0.15) is 0 Å². The molecule has 2 atom stereocenters. The molecule has 6 aromatic rings. The number of benzene rings is 6. The minimum atomic E-state index is -0.0374. The van der Waals surface area contributed by atoms with E-state index in [-0.39, 0.29) is 16.2 Å². The molecule has 0 nitrogen and oxygen atoms in total. The smallest absolute Gasteiger partial charge is 0.0159 e. The number of fused-ring (bicyclic) bond motifs is 3. The molecule has 6 aromatic carbocycles. The van der Waals surface area contributed by atoms with Gasteiger partial charge in [0.2, 0.25) is 0 Å². The lowest BCUT2D eigenvalue weighted by Crippen LogP contribution is -2.30. The Morgan fingerprint density at radius 1 is 0.558 bits per heavy atom. The van der Waals surface area contributed by atoms with Crippen molar-refractivity contribution in [1.82, 2.24) is 0 Å². The molecule has 2 unspecified atom stereocenters. The van der Waals surface area contributed by atoms with Crippen LogP contribution in [0.4, 0.5) is 0 Å². The van der Waals surface area contributed by atoms with Crippen LogP contribution in [0.15, 0.2) is 121 Å². The molecule has 0 bridgehead atoms. The number of allylic oxidation sites excluding steroid dienone is 2. The first-order valence-electron chi connectivity index (χ1n) is 19.2. The highest BCUT2D eigenvalue weighted by molar-refractivity contribution is 5.93. The van der Waals surface area contributed by atoms with Crippen molar-refractivity contribution in [3.63, 3.8) is 0 Å². The molecule has 3 aliphatic rings. The first kappa shape index (κ1) is 32.9. The molecule has 3 aliphatic carbocycles. The summed E-state index contributed by atoms with van der Waals surface area (Å²) in [6.45, 7) is 21.0. The fourth-order valence-electron chi connectivity index (χ4n) is 9.24. The average Bonchev–Trinajstić information content (AvgIpc) is 3.35. The quantitative estimate of drug-likeness (QED) is 0.175. The van der Waals surface area contributed by atoms with Crippen molar-refractivity contribution in [3.8, 4) is 33.4 Å². The van der Waals surface area contributed by atoms with Crippen molar-refractivity contribution < 1.29 is 0 Å². The summed E-state index contributed by atoms with van der Waals surface area (Å²) >= 11 is 0. The summed E-state index contributed by atoms with van der Waals surface area (Å²) in [5.41, 5.74) is 17.8. The maximum atomic E-state index is 2.50. The predicted molar refractivity (Wildman–Crippen MR) is 223 cm³/mol. The van der Waals surface area contributed by atoms with Crippen molar-refractivity contribution in [2.45, 2.75) is 84.5 Å². The Balaban J connectivity index is 1.07. The Morgan fingerprint density at radius 3 is 1.87 bits per heavy atom. The molecule has 0 N–H and O–H groups in total. The molecule has 0 saturated heterocycles. The molecule has 9 rings (SSSR count). The third-order valence-electron chi connectivity index (χ3n) is 12.4. The van der Waals surface area contributed by atoms with Gasteiger partial charge in [0.1, 0.15) is 0 Å². The third-order valence-corrected chi connectivity index (χ3v) is 12.4. The van der Waals surface area contributed by atoms with E-state index in [1.807, 2.05) is 0 Å². The Hall–Kier alpha value is -4.94. The zero-order chi connectivity index (χ0) is 36.3. The molecule has 0 heteroatoms. The second-order valence-corrected chi connectivity index (χ2v) is 18.3. The van der Waals surface area contributed by atoms with Crippen LogP contribution in [0.3, 0.4) is 0 Å². The summed E-state index contributed by atoms with van der Waals surface area (Å²) in [6, 6.07) is 42.2. The fourth-order valence-corrected chi connectivity index (χ4v) is 9.24. The second-order valence-electron chi connectivity index (χ2n) is 18.3. The molecule has 0 heterocycles. The topological polar surface area (TPSA) is 0 Å². The largest absolute Gasteiger partial charge is 0.0757 e. The van der Waals surface area contributed by atoms with Gasteiger partial charge in [-0.05, 0) is 122 Å². The highest BCUT2D eigenvalue weighted by Crippen LogP contribution is 2.50. The van der Waals surface area contributed by atoms with E-state index in [1.165, 1.54) is 93.5 Å². The van der Waals surface area contributed by atoms with Gasteiger partial charge in [0.25, 0.3) is 0 Å². The zero-order valence-corrected chi connectivity index (χ0v) is 32.3. The third kappa shape index (κ3) is 5.09. The summed E-state index contributed by atoms with van der Waals surface area (Å²) in [5, 5.41) is 5.59. The van der Waals surface area contributed by atoms with Gasteiger partial charge >= 0.3 is 0 Å². The van der Waals surface area contributed by atoms with Gasteiger partial charge < -0.3 is 0 Å².